The molecule has 2 nitrogen and oxygen atoms in total. The zero-order valence-electron chi connectivity index (χ0n) is 10.00. The van der Waals surface area contributed by atoms with E-state index in [9.17, 15) is 10.2 Å². The fourth-order valence-corrected chi connectivity index (χ4v) is 3.97. The van der Waals surface area contributed by atoms with Gasteiger partial charge in [-0.15, -0.1) is 0 Å². The molecule has 2 aliphatic carbocycles. The third-order valence-corrected chi connectivity index (χ3v) is 4.75. The molecule has 0 bridgehead atoms. The first-order valence-electron chi connectivity index (χ1n) is 6.35. The van der Waals surface area contributed by atoms with Crippen molar-refractivity contribution in [3.05, 3.63) is 0 Å². The van der Waals surface area contributed by atoms with Crippen LogP contribution in [0.3, 0.4) is 0 Å². The van der Waals surface area contributed by atoms with Crippen molar-refractivity contribution < 1.29 is 10.2 Å². The highest BCUT2D eigenvalue weighted by atomic mass is 16.3. The second kappa shape index (κ2) is 3.74. The zero-order valence-corrected chi connectivity index (χ0v) is 10.00. The second-order valence-corrected chi connectivity index (χ2v) is 6.18. The molecule has 0 spiro atoms. The van der Waals surface area contributed by atoms with E-state index < -0.39 is 5.60 Å². The summed E-state index contributed by atoms with van der Waals surface area (Å²) in [7, 11) is 0. The fraction of sp³-hybridized carbons (Fsp3) is 1.00. The number of aliphatic hydroxyl groups excluding tert-OH is 1. The number of rotatable bonds is 2. The average molecular weight is 212 g/mol. The van der Waals surface area contributed by atoms with Gasteiger partial charge >= 0.3 is 0 Å². The summed E-state index contributed by atoms with van der Waals surface area (Å²) in [6, 6.07) is 0. The van der Waals surface area contributed by atoms with Crippen molar-refractivity contribution in [3.63, 3.8) is 0 Å². The maximum absolute atomic E-state index is 10.6. The van der Waals surface area contributed by atoms with Gasteiger partial charge in [0.2, 0.25) is 0 Å². The van der Waals surface area contributed by atoms with Crippen molar-refractivity contribution in [1.82, 2.24) is 0 Å². The molecule has 2 atom stereocenters. The van der Waals surface area contributed by atoms with Crippen LogP contribution < -0.4 is 0 Å². The molecule has 0 amide bonds. The van der Waals surface area contributed by atoms with E-state index in [0.717, 1.165) is 32.1 Å². The van der Waals surface area contributed by atoms with E-state index in [4.69, 9.17) is 0 Å². The molecule has 0 aromatic rings. The third-order valence-electron chi connectivity index (χ3n) is 4.75. The van der Waals surface area contributed by atoms with Crippen LogP contribution in [0.25, 0.3) is 0 Å². The van der Waals surface area contributed by atoms with Crippen LogP contribution in [-0.2, 0) is 0 Å². The summed E-state index contributed by atoms with van der Waals surface area (Å²) in [6.07, 6.45) is 6.17. The minimum Gasteiger partial charge on any atom is -0.396 e. The smallest absolute Gasteiger partial charge is 0.0725 e. The Labute approximate surface area is 92.7 Å². The van der Waals surface area contributed by atoms with Crippen LogP contribution in [0, 0.1) is 17.3 Å². The molecule has 0 radical (unpaired) electrons. The lowest BCUT2D eigenvalue weighted by Gasteiger charge is -2.56. The van der Waals surface area contributed by atoms with E-state index in [1.165, 1.54) is 6.42 Å². The van der Waals surface area contributed by atoms with Gasteiger partial charge in [-0.25, -0.2) is 0 Å². The maximum atomic E-state index is 10.6. The van der Waals surface area contributed by atoms with E-state index in [-0.39, 0.29) is 12.0 Å². The van der Waals surface area contributed by atoms with Crippen molar-refractivity contribution in [3.8, 4) is 0 Å². The highest BCUT2D eigenvalue weighted by molar-refractivity contribution is 5.06. The largest absolute Gasteiger partial charge is 0.396 e. The van der Waals surface area contributed by atoms with Gasteiger partial charge in [-0.1, -0.05) is 13.8 Å². The van der Waals surface area contributed by atoms with Gasteiger partial charge in [-0.3, -0.25) is 0 Å². The van der Waals surface area contributed by atoms with Crippen LogP contribution in [0.4, 0.5) is 0 Å². The maximum Gasteiger partial charge on any atom is 0.0725 e. The zero-order chi connectivity index (χ0) is 11.1. The van der Waals surface area contributed by atoms with Crippen LogP contribution in [0.2, 0.25) is 0 Å². The van der Waals surface area contributed by atoms with Crippen molar-refractivity contribution in [2.45, 2.75) is 58.0 Å². The molecule has 15 heavy (non-hydrogen) atoms. The molecule has 0 aromatic carbocycles. The average Bonchev–Trinajstić information content (AvgIpc) is 2.12. The lowest BCUT2D eigenvalue weighted by atomic mass is 9.53. The first kappa shape index (κ1) is 11.4. The standard InChI is InChI=1S/C13H24O2/c1-10-6-11(2)8-12(7-10,9-14)13(15)4-3-5-13/h10-11,14-15H,3-9H2,1-2H3. The van der Waals surface area contributed by atoms with Gasteiger partial charge in [-0.05, 0) is 50.4 Å². The topological polar surface area (TPSA) is 40.5 Å². The van der Waals surface area contributed by atoms with Crippen molar-refractivity contribution >= 4 is 0 Å². The summed E-state index contributed by atoms with van der Waals surface area (Å²) >= 11 is 0. The predicted octanol–water partition coefficient (Wildman–Crippen LogP) is 2.34. The minimum absolute atomic E-state index is 0.165. The quantitative estimate of drug-likeness (QED) is 0.737. The molecule has 2 heteroatoms. The molecule has 2 N–H and O–H groups in total. The summed E-state index contributed by atoms with van der Waals surface area (Å²) in [5, 5.41) is 20.3. The summed E-state index contributed by atoms with van der Waals surface area (Å²) in [5.41, 5.74) is -0.743. The number of hydrogen-bond acceptors (Lipinski definition) is 2. The van der Waals surface area contributed by atoms with Gasteiger partial charge in [0.1, 0.15) is 0 Å². The van der Waals surface area contributed by atoms with Gasteiger partial charge in [0.25, 0.3) is 0 Å². The van der Waals surface area contributed by atoms with E-state index in [1.807, 2.05) is 0 Å². The predicted molar refractivity (Wildman–Crippen MR) is 60.5 cm³/mol. The van der Waals surface area contributed by atoms with Crippen LogP contribution in [0.1, 0.15) is 52.4 Å². The lowest BCUT2D eigenvalue weighted by Crippen LogP contribution is -2.57. The molecule has 0 aliphatic heterocycles. The monoisotopic (exact) mass is 212 g/mol. The van der Waals surface area contributed by atoms with Gasteiger partial charge < -0.3 is 10.2 Å². The number of aliphatic hydroxyl groups is 2. The molecule has 88 valence electrons. The van der Waals surface area contributed by atoms with Crippen molar-refractivity contribution in [2.24, 2.45) is 17.3 Å². The first-order chi connectivity index (χ1) is 7.01. The van der Waals surface area contributed by atoms with E-state index in [0.29, 0.717) is 11.8 Å². The van der Waals surface area contributed by atoms with Gasteiger partial charge in [0, 0.05) is 5.41 Å². The third kappa shape index (κ3) is 1.72. The Balaban J connectivity index is 2.19. The van der Waals surface area contributed by atoms with Crippen LogP contribution >= 0.6 is 0 Å². The lowest BCUT2D eigenvalue weighted by molar-refractivity contribution is -0.184. The Morgan fingerprint density at radius 3 is 2.00 bits per heavy atom. The Kier molecular flexibility index (Phi) is 2.85. The molecule has 0 saturated heterocycles. The SMILES string of the molecule is CC1CC(C)CC(CO)(C2(O)CCC2)C1. The fourth-order valence-electron chi connectivity index (χ4n) is 3.97. The van der Waals surface area contributed by atoms with E-state index >= 15 is 0 Å². The summed E-state index contributed by atoms with van der Waals surface area (Å²) < 4.78 is 0. The minimum atomic E-state index is -0.551. The van der Waals surface area contributed by atoms with Gasteiger partial charge in [-0.2, -0.15) is 0 Å². The Morgan fingerprint density at radius 2 is 1.67 bits per heavy atom. The van der Waals surface area contributed by atoms with E-state index in [1.54, 1.807) is 0 Å². The van der Waals surface area contributed by atoms with Crippen molar-refractivity contribution in [1.29, 1.82) is 0 Å². The highest BCUT2D eigenvalue weighted by Crippen LogP contribution is 2.55. The molecule has 2 rings (SSSR count). The summed E-state index contributed by atoms with van der Waals surface area (Å²) in [5.74, 6) is 1.29. The summed E-state index contributed by atoms with van der Waals surface area (Å²) in [4.78, 5) is 0. The molecule has 2 unspecified atom stereocenters. The molecular weight excluding hydrogens is 188 g/mol. The molecule has 2 saturated carbocycles. The van der Waals surface area contributed by atoms with E-state index in [2.05, 4.69) is 13.8 Å². The van der Waals surface area contributed by atoms with Gasteiger partial charge in [0.05, 0.1) is 12.2 Å². The van der Waals surface area contributed by atoms with Crippen LogP contribution in [0.5, 0.6) is 0 Å². The first-order valence-corrected chi connectivity index (χ1v) is 6.35. The molecule has 0 aromatic heterocycles. The Bertz CT molecular complexity index is 223. The highest BCUT2D eigenvalue weighted by Gasteiger charge is 2.55. The van der Waals surface area contributed by atoms with Gasteiger partial charge in [0.15, 0.2) is 0 Å². The molecule has 2 aliphatic rings. The van der Waals surface area contributed by atoms with Crippen LogP contribution in [0.15, 0.2) is 0 Å². The molecule has 2 fully saturated rings. The normalized spacial score (nSPS) is 44.8. The van der Waals surface area contributed by atoms with Crippen LogP contribution in [-0.4, -0.2) is 22.4 Å². The second-order valence-electron chi connectivity index (χ2n) is 6.18. The molecular formula is C13H24O2. The number of hydrogen-bond donors (Lipinski definition) is 2. The molecule has 0 heterocycles. The summed E-state index contributed by atoms with van der Waals surface area (Å²) in [6.45, 7) is 4.67. The Morgan fingerprint density at radius 1 is 1.13 bits per heavy atom. The Hall–Kier alpha value is -0.0800. The van der Waals surface area contributed by atoms with Crippen molar-refractivity contribution in [2.75, 3.05) is 6.61 Å².